The van der Waals surface area contributed by atoms with Crippen LogP contribution in [0.2, 0.25) is 0 Å². The van der Waals surface area contributed by atoms with Crippen LogP contribution in [0, 0.1) is 0 Å². The summed E-state index contributed by atoms with van der Waals surface area (Å²) in [4.78, 5) is 2.44. The molecule has 0 unspecified atom stereocenters. The van der Waals surface area contributed by atoms with E-state index < -0.39 is 5.41 Å². The van der Waals surface area contributed by atoms with E-state index in [4.69, 9.17) is 4.42 Å². The number of nitrogens with zero attached hydrogens (tertiary/aromatic N) is 2. The lowest BCUT2D eigenvalue weighted by atomic mass is 9.68. The topological polar surface area (TPSA) is 21.3 Å². The molecule has 64 heavy (non-hydrogen) atoms. The van der Waals surface area contributed by atoms with Crippen molar-refractivity contribution in [2.24, 2.45) is 0 Å². The molecule has 0 radical (unpaired) electrons. The quantitative estimate of drug-likeness (QED) is 0.160. The third-order valence-electron chi connectivity index (χ3n) is 13.5. The Labute approximate surface area is 371 Å². The van der Waals surface area contributed by atoms with Crippen molar-refractivity contribution in [2.75, 3.05) is 4.90 Å². The minimum atomic E-state index is -0.518. The summed E-state index contributed by atoms with van der Waals surface area (Å²) < 4.78 is 8.73. The van der Waals surface area contributed by atoms with Gasteiger partial charge < -0.3 is 13.9 Å². The molecule has 0 aliphatic heterocycles. The monoisotopic (exact) mass is 816 g/mol. The number of hydrogen-bond acceptors (Lipinski definition) is 2. The van der Waals surface area contributed by atoms with Gasteiger partial charge in [-0.05, 0) is 106 Å². The van der Waals surface area contributed by atoms with Gasteiger partial charge in [0.1, 0.15) is 11.2 Å². The van der Waals surface area contributed by atoms with Gasteiger partial charge in [0.05, 0.1) is 22.1 Å². The van der Waals surface area contributed by atoms with Crippen molar-refractivity contribution in [3.05, 3.63) is 265 Å². The molecule has 0 fully saturated rings. The highest BCUT2D eigenvalue weighted by molar-refractivity contribution is 6.10. The fourth-order valence-corrected chi connectivity index (χ4v) is 10.7. The summed E-state index contributed by atoms with van der Waals surface area (Å²) in [5, 5.41) is 4.73. The van der Waals surface area contributed by atoms with Crippen molar-refractivity contribution in [3.63, 3.8) is 0 Å². The van der Waals surface area contributed by atoms with E-state index in [1.165, 1.54) is 60.8 Å². The highest BCUT2D eigenvalue weighted by Gasteiger charge is 2.47. The minimum absolute atomic E-state index is 0.518. The van der Waals surface area contributed by atoms with E-state index >= 15 is 0 Å². The minimum Gasteiger partial charge on any atom is -0.456 e. The van der Waals surface area contributed by atoms with Crippen LogP contribution in [0.15, 0.2) is 247 Å². The number of rotatable bonds is 7. The predicted octanol–water partition coefficient (Wildman–Crippen LogP) is 16.2. The van der Waals surface area contributed by atoms with E-state index in [0.29, 0.717) is 0 Å². The van der Waals surface area contributed by atoms with Crippen molar-refractivity contribution in [2.45, 2.75) is 5.41 Å². The zero-order valence-electron chi connectivity index (χ0n) is 34.9. The van der Waals surface area contributed by atoms with E-state index in [-0.39, 0.29) is 0 Å². The summed E-state index contributed by atoms with van der Waals surface area (Å²) in [5.41, 5.74) is 17.9. The first-order valence-electron chi connectivity index (χ1n) is 22.0. The van der Waals surface area contributed by atoms with Crippen molar-refractivity contribution >= 4 is 60.8 Å². The molecule has 300 valence electrons. The lowest BCUT2D eigenvalue weighted by Crippen LogP contribution is -2.28. The van der Waals surface area contributed by atoms with Crippen molar-refractivity contribution in [3.8, 4) is 27.9 Å². The van der Waals surface area contributed by atoms with Gasteiger partial charge in [0.15, 0.2) is 0 Å². The Balaban J connectivity index is 0.985. The molecule has 0 bridgehead atoms. The first-order valence-corrected chi connectivity index (χ1v) is 22.0. The molecular weight excluding hydrogens is 777 g/mol. The molecule has 2 heterocycles. The highest BCUT2D eigenvalue weighted by atomic mass is 16.3. The number of hydrogen-bond donors (Lipinski definition) is 0. The fraction of sp³-hybridized carbons (Fsp3) is 0.0164. The maximum atomic E-state index is 6.36. The number of benzene rings is 10. The summed E-state index contributed by atoms with van der Waals surface area (Å²) in [6.07, 6.45) is 0. The highest BCUT2D eigenvalue weighted by Crippen LogP contribution is 2.59. The standard InChI is InChI=1S/C61H40N2O/c1-3-16-43(17-4-1)61(44-18-5-2-6-19-44)53-24-11-7-23-51(53)60-54(61)25-15-28-57(60)62(47-38-39-59-52(40-47)50-22-10-14-29-58(50)64-59)45-34-30-41(31-35-45)42-32-36-46(37-33-42)63-55-26-12-8-20-48(55)49-21-9-13-27-56(49)63/h1-40H. The van der Waals surface area contributed by atoms with Crippen LogP contribution >= 0.6 is 0 Å². The lowest BCUT2D eigenvalue weighted by Gasteiger charge is -2.34. The predicted molar refractivity (Wildman–Crippen MR) is 265 cm³/mol. The van der Waals surface area contributed by atoms with E-state index in [2.05, 4.69) is 246 Å². The Hall–Kier alpha value is -8.40. The molecule has 0 saturated heterocycles. The number of furan rings is 1. The smallest absolute Gasteiger partial charge is 0.135 e. The first-order chi connectivity index (χ1) is 31.8. The molecule has 0 spiro atoms. The van der Waals surface area contributed by atoms with Gasteiger partial charge in [-0.15, -0.1) is 0 Å². The maximum Gasteiger partial charge on any atom is 0.135 e. The number of fused-ring (bicyclic) bond motifs is 9. The zero-order chi connectivity index (χ0) is 42.2. The third kappa shape index (κ3) is 5.34. The lowest BCUT2D eigenvalue weighted by molar-refractivity contribution is 0.669. The Morgan fingerprint density at radius 3 is 1.59 bits per heavy atom. The summed E-state index contributed by atoms with van der Waals surface area (Å²) in [6, 6.07) is 88.3. The third-order valence-corrected chi connectivity index (χ3v) is 13.5. The maximum absolute atomic E-state index is 6.36. The van der Waals surface area contributed by atoms with Crippen molar-refractivity contribution in [1.29, 1.82) is 0 Å². The first kappa shape index (κ1) is 36.3. The van der Waals surface area contributed by atoms with Crippen LogP contribution in [0.3, 0.4) is 0 Å². The SMILES string of the molecule is c1ccc(C2(c3ccccc3)c3ccccc3-c3c(N(c4ccc(-c5ccc(-n6c7ccccc7c7ccccc76)cc5)cc4)c4ccc5oc6ccccc6c5c4)cccc32)cc1. The molecule has 0 saturated carbocycles. The van der Waals surface area contributed by atoms with Gasteiger partial charge in [0, 0.05) is 44.2 Å². The van der Waals surface area contributed by atoms with Crippen LogP contribution < -0.4 is 4.90 Å². The Bertz CT molecular complexity index is 3620. The Morgan fingerprint density at radius 1 is 0.375 bits per heavy atom. The van der Waals surface area contributed by atoms with Gasteiger partial charge >= 0.3 is 0 Å². The number of para-hydroxylation sites is 3. The zero-order valence-corrected chi connectivity index (χ0v) is 34.9. The van der Waals surface area contributed by atoms with E-state index in [9.17, 15) is 0 Å². The summed E-state index contributed by atoms with van der Waals surface area (Å²) in [6.45, 7) is 0. The van der Waals surface area contributed by atoms with Crippen LogP contribution in [0.1, 0.15) is 22.3 Å². The molecule has 0 amide bonds. The van der Waals surface area contributed by atoms with Gasteiger partial charge in [0.25, 0.3) is 0 Å². The number of anilines is 3. The second-order valence-electron chi connectivity index (χ2n) is 16.8. The Morgan fingerprint density at radius 2 is 0.906 bits per heavy atom. The van der Waals surface area contributed by atoms with Crippen molar-refractivity contribution < 1.29 is 4.42 Å². The molecule has 12 aromatic rings. The molecule has 13 rings (SSSR count). The summed E-state index contributed by atoms with van der Waals surface area (Å²) in [5.74, 6) is 0. The van der Waals surface area contributed by atoms with E-state index in [1.54, 1.807) is 0 Å². The van der Waals surface area contributed by atoms with Crippen LogP contribution in [-0.4, -0.2) is 4.57 Å². The average molecular weight is 817 g/mol. The van der Waals surface area contributed by atoms with Crippen LogP contribution in [0.25, 0.3) is 71.7 Å². The Kier molecular flexibility index (Phi) is 8.13. The molecule has 0 atom stereocenters. The largest absolute Gasteiger partial charge is 0.456 e. The van der Waals surface area contributed by atoms with Crippen LogP contribution in [-0.2, 0) is 5.41 Å². The van der Waals surface area contributed by atoms with Crippen LogP contribution in [0.4, 0.5) is 17.1 Å². The molecule has 3 heteroatoms. The molecule has 3 nitrogen and oxygen atoms in total. The van der Waals surface area contributed by atoms with E-state index in [1.807, 2.05) is 6.07 Å². The fourth-order valence-electron chi connectivity index (χ4n) is 10.7. The second-order valence-corrected chi connectivity index (χ2v) is 16.8. The second kappa shape index (κ2) is 14.3. The van der Waals surface area contributed by atoms with Gasteiger partial charge in [0.2, 0.25) is 0 Å². The molecule has 1 aliphatic carbocycles. The average Bonchev–Trinajstić information content (AvgIpc) is 4.02. The van der Waals surface area contributed by atoms with Crippen LogP contribution in [0.5, 0.6) is 0 Å². The molecule has 2 aromatic heterocycles. The molecule has 0 N–H and O–H groups in total. The van der Waals surface area contributed by atoms with Gasteiger partial charge in [-0.3, -0.25) is 0 Å². The van der Waals surface area contributed by atoms with E-state index in [0.717, 1.165) is 50.3 Å². The van der Waals surface area contributed by atoms with Gasteiger partial charge in [-0.25, -0.2) is 0 Å². The number of aromatic nitrogens is 1. The molecular formula is C61H40N2O. The van der Waals surface area contributed by atoms with Gasteiger partial charge in [-0.2, -0.15) is 0 Å². The van der Waals surface area contributed by atoms with Gasteiger partial charge in [-0.1, -0.05) is 176 Å². The molecule has 1 aliphatic rings. The van der Waals surface area contributed by atoms with Crippen molar-refractivity contribution in [1.82, 2.24) is 4.57 Å². The molecule has 10 aromatic carbocycles. The normalized spacial score (nSPS) is 12.8. The summed E-state index contributed by atoms with van der Waals surface area (Å²) >= 11 is 0. The summed E-state index contributed by atoms with van der Waals surface area (Å²) in [7, 11) is 0.